The van der Waals surface area contributed by atoms with Crippen LogP contribution in [0.5, 0.6) is 5.75 Å². The van der Waals surface area contributed by atoms with Crippen LogP contribution in [-0.2, 0) is 0 Å². The predicted molar refractivity (Wildman–Crippen MR) is 80.1 cm³/mol. The van der Waals surface area contributed by atoms with Crippen molar-refractivity contribution in [2.45, 2.75) is 33.2 Å². The lowest BCUT2D eigenvalue weighted by Crippen LogP contribution is -2.40. The second-order valence-corrected chi connectivity index (χ2v) is 5.06. The second-order valence-electron chi connectivity index (χ2n) is 5.06. The molecule has 0 heterocycles. The molecular formula is C15H24N2O3. The fourth-order valence-corrected chi connectivity index (χ4v) is 1.90. The first-order chi connectivity index (χ1) is 9.55. The Hall–Kier alpha value is -1.75. The van der Waals surface area contributed by atoms with Crippen LogP contribution in [0.15, 0.2) is 24.3 Å². The average Bonchev–Trinajstić information content (AvgIpc) is 2.40. The SMILES string of the molecule is CCOc1ccc(NC(=O)NC(CO)CC(C)C)cc1. The van der Waals surface area contributed by atoms with Crippen LogP contribution in [0.3, 0.4) is 0 Å². The molecule has 0 aliphatic carbocycles. The summed E-state index contributed by atoms with van der Waals surface area (Å²) in [5.74, 6) is 1.18. The maximum Gasteiger partial charge on any atom is 0.319 e. The highest BCUT2D eigenvalue weighted by Crippen LogP contribution is 2.15. The molecule has 3 N–H and O–H groups in total. The van der Waals surface area contributed by atoms with E-state index in [1.807, 2.05) is 6.92 Å². The molecule has 0 aliphatic heterocycles. The van der Waals surface area contributed by atoms with Crippen LogP contribution in [-0.4, -0.2) is 30.4 Å². The molecule has 0 fully saturated rings. The summed E-state index contributed by atoms with van der Waals surface area (Å²) in [6, 6.07) is 6.63. The van der Waals surface area contributed by atoms with Crippen LogP contribution in [0.1, 0.15) is 27.2 Å². The van der Waals surface area contributed by atoms with Gasteiger partial charge in [-0.25, -0.2) is 4.79 Å². The third kappa shape index (κ3) is 5.93. The molecule has 1 atom stereocenters. The molecule has 0 saturated carbocycles. The van der Waals surface area contributed by atoms with E-state index in [-0.39, 0.29) is 18.7 Å². The summed E-state index contributed by atoms with van der Waals surface area (Å²) in [4.78, 5) is 11.8. The first-order valence-electron chi connectivity index (χ1n) is 6.96. The minimum Gasteiger partial charge on any atom is -0.494 e. The number of aliphatic hydroxyl groups excluding tert-OH is 1. The van der Waals surface area contributed by atoms with Gasteiger partial charge in [0.2, 0.25) is 0 Å². The number of aliphatic hydroxyl groups is 1. The van der Waals surface area contributed by atoms with Crippen LogP contribution in [0.4, 0.5) is 10.5 Å². The summed E-state index contributed by atoms with van der Waals surface area (Å²) in [6.45, 7) is 6.57. The molecule has 5 heteroatoms. The maximum atomic E-state index is 11.8. The number of amides is 2. The van der Waals surface area contributed by atoms with Crippen molar-refractivity contribution in [1.82, 2.24) is 5.32 Å². The summed E-state index contributed by atoms with van der Waals surface area (Å²) < 4.78 is 5.33. The van der Waals surface area contributed by atoms with Crippen molar-refractivity contribution in [2.24, 2.45) is 5.92 Å². The van der Waals surface area contributed by atoms with Gasteiger partial charge < -0.3 is 20.5 Å². The molecule has 1 rings (SSSR count). The van der Waals surface area contributed by atoms with Gasteiger partial charge in [-0.15, -0.1) is 0 Å². The number of rotatable bonds is 7. The van der Waals surface area contributed by atoms with Gasteiger partial charge in [-0.05, 0) is 43.5 Å². The monoisotopic (exact) mass is 280 g/mol. The molecule has 2 amide bonds. The van der Waals surface area contributed by atoms with E-state index in [1.165, 1.54) is 0 Å². The van der Waals surface area contributed by atoms with E-state index in [9.17, 15) is 9.90 Å². The average molecular weight is 280 g/mol. The molecule has 1 aromatic rings. The molecule has 1 aromatic carbocycles. The lowest BCUT2D eigenvalue weighted by Gasteiger charge is -2.18. The first kappa shape index (κ1) is 16.3. The van der Waals surface area contributed by atoms with E-state index in [2.05, 4.69) is 24.5 Å². The second kappa shape index (κ2) is 8.43. The Balaban J connectivity index is 2.48. The van der Waals surface area contributed by atoms with Crippen LogP contribution in [0, 0.1) is 5.92 Å². The highest BCUT2D eigenvalue weighted by Gasteiger charge is 2.12. The van der Waals surface area contributed by atoms with Crippen molar-refractivity contribution in [3.8, 4) is 5.75 Å². The zero-order valence-electron chi connectivity index (χ0n) is 12.3. The number of nitrogens with one attached hydrogen (secondary N) is 2. The summed E-state index contributed by atoms with van der Waals surface area (Å²) in [6.07, 6.45) is 0.743. The summed E-state index contributed by atoms with van der Waals surface area (Å²) >= 11 is 0. The van der Waals surface area contributed by atoms with Gasteiger partial charge in [0.1, 0.15) is 5.75 Å². The third-order valence-corrected chi connectivity index (χ3v) is 2.73. The lowest BCUT2D eigenvalue weighted by atomic mass is 10.0. The van der Waals surface area contributed by atoms with Gasteiger partial charge in [0.25, 0.3) is 0 Å². The highest BCUT2D eigenvalue weighted by atomic mass is 16.5. The minimum atomic E-state index is -0.311. The number of carbonyl (C=O) groups is 1. The van der Waals surface area contributed by atoms with Gasteiger partial charge in [-0.2, -0.15) is 0 Å². The van der Waals surface area contributed by atoms with Gasteiger partial charge in [0, 0.05) is 5.69 Å². The van der Waals surface area contributed by atoms with Crippen molar-refractivity contribution in [1.29, 1.82) is 0 Å². The van der Waals surface area contributed by atoms with Crippen molar-refractivity contribution in [2.75, 3.05) is 18.5 Å². The molecule has 0 aliphatic rings. The van der Waals surface area contributed by atoms with E-state index in [0.717, 1.165) is 12.2 Å². The van der Waals surface area contributed by atoms with Crippen LogP contribution in [0.25, 0.3) is 0 Å². The Bertz CT molecular complexity index is 404. The van der Waals surface area contributed by atoms with E-state index in [1.54, 1.807) is 24.3 Å². The summed E-state index contributed by atoms with van der Waals surface area (Å²) in [7, 11) is 0. The smallest absolute Gasteiger partial charge is 0.319 e. The molecule has 112 valence electrons. The molecule has 0 aromatic heterocycles. The molecule has 0 saturated heterocycles. The Labute approximate surface area is 120 Å². The van der Waals surface area contributed by atoms with Crippen LogP contribution < -0.4 is 15.4 Å². The Morgan fingerprint density at radius 2 is 1.95 bits per heavy atom. The largest absolute Gasteiger partial charge is 0.494 e. The predicted octanol–water partition coefficient (Wildman–Crippen LogP) is 2.61. The fourth-order valence-electron chi connectivity index (χ4n) is 1.90. The van der Waals surface area contributed by atoms with E-state index in [0.29, 0.717) is 18.2 Å². The number of urea groups is 1. The Kier molecular flexibility index (Phi) is 6.87. The topological polar surface area (TPSA) is 70.6 Å². The van der Waals surface area contributed by atoms with Gasteiger partial charge in [0.15, 0.2) is 0 Å². The van der Waals surface area contributed by atoms with Gasteiger partial charge in [-0.1, -0.05) is 13.8 Å². The Morgan fingerprint density at radius 1 is 1.30 bits per heavy atom. The molecule has 0 radical (unpaired) electrons. The number of hydrogen-bond acceptors (Lipinski definition) is 3. The minimum absolute atomic E-state index is 0.0606. The third-order valence-electron chi connectivity index (χ3n) is 2.73. The van der Waals surface area contributed by atoms with Crippen LogP contribution in [0.2, 0.25) is 0 Å². The van der Waals surface area contributed by atoms with Gasteiger partial charge >= 0.3 is 6.03 Å². The highest BCUT2D eigenvalue weighted by molar-refractivity contribution is 5.89. The van der Waals surface area contributed by atoms with E-state index >= 15 is 0 Å². The summed E-state index contributed by atoms with van der Waals surface area (Å²) in [5.41, 5.74) is 0.687. The van der Waals surface area contributed by atoms with Crippen molar-refractivity contribution >= 4 is 11.7 Å². The normalized spacial score (nSPS) is 12.1. The molecular weight excluding hydrogens is 256 g/mol. The molecule has 0 bridgehead atoms. The van der Waals surface area contributed by atoms with Gasteiger partial charge in [-0.3, -0.25) is 0 Å². The molecule has 0 spiro atoms. The van der Waals surface area contributed by atoms with Gasteiger partial charge in [0.05, 0.1) is 19.3 Å². The number of benzene rings is 1. The zero-order chi connectivity index (χ0) is 15.0. The standard InChI is InChI=1S/C15H24N2O3/c1-4-20-14-7-5-12(6-8-14)16-15(19)17-13(10-18)9-11(2)3/h5-8,11,13,18H,4,9-10H2,1-3H3,(H2,16,17,19). The number of carbonyl (C=O) groups excluding carboxylic acids is 1. The van der Waals surface area contributed by atoms with Crippen LogP contribution >= 0.6 is 0 Å². The van der Waals surface area contributed by atoms with E-state index in [4.69, 9.17) is 4.74 Å². The quantitative estimate of drug-likeness (QED) is 0.719. The van der Waals surface area contributed by atoms with Crippen molar-refractivity contribution in [3.05, 3.63) is 24.3 Å². The lowest BCUT2D eigenvalue weighted by molar-refractivity contribution is 0.214. The fraction of sp³-hybridized carbons (Fsp3) is 0.533. The van der Waals surface area contributed by atoms with Crippen molar-refractivity contribution in [3.63, 3.8) is 0 Å². The first-order valence-corrected chi connectivity index (χ1v) is 6.96. The molecule has 5 nitrogen and oxygen atoms in total. The molecule has 20 heavy (non-hydrogen) atoms. The van der Waals surface area contributed by atoms with E-state index < -0.39 is 0 Å². The number of hydrogen-bond donors (Lipinski definition) is 3. The summed E-state index contributed by atoms with van der Waals surface area (Å²) in [5, 5.41) is 14.7. The maximum absolute atomic E-state index is 11.8. The molecule has 1 unspecified atom stereocenters. The Morgan fingerprint density at radius 3 is 2.45 bits per heavy atom. The van der Waals surface area contributed by atoms with Crippen molar-refractivity contribution < 1.29 is 14.6 Å². The zero-order valence-corrected chi connectivity index (χ0v) is 12.3. The number of anilines is 1. The number of ether oxygens (including phenoxy) is 1.